The maximum atomic E-state index is 6.32. The Morgan fingerprint density at radius 1 is 1.53 bits per heavy atom. The standard InChI is InChI=1S/C11H18ClN5/c1-8(2)16-17-10(6-13-7-11(17)12)9-4-3-5-14-15-9/h3-5,8,10-11,13,16H,6-7H2,1-2H3. The number of rotatable bonds is 3. The topological polar surface area (TPSA) is 53.1 Å². The lowest BCUT2D eigenvalue weighted by Crippen LogP contribution is -2.58. The Morgan fingerprint density at radius 3 is 3.00 bits per heavy atom. The molecule has 2 unspecified atom stereocenters. The van der Waals surface area contributed by atoms with E-state index in [1.807, 2.05) is 12.1 Å². The normalized spacial score (nSPS) is 26.4. The van der Waals surface area contributed by atoms with Crippen LogP contribution < -0.4 is 10.7 Å². The van der Waals surface area contributed by atoms with Crippen LogP contribution in [0, 0.1) is 0 Å². The summed E-state index contributed by atoms with van der Waals surface area (Å²) in [6.07, 6.45) is 1.68. The Labute approximate surface area is 107 Å². The zero-order valence-electron chi connectivity index (χ0n) is 10.1. The number of hydrazine groups is 1. The summed E-state index contributed by atoms with van der Waals surface area (Å²) in [5.41, 5.74) is 4.22. The zero-order valence-corrected chi connectivity index (χ0v) is 10.9. The first-order chi connectivity index (χ1) is 8.18. The van der Waals surface area contributed by atoms with Gasteiger partial charge in [-0.05, 0) is 26.0 Å². The van der Waals surface area contributed by atoms with E-state index in [0.717, 1.165) is 18.8 Å². The van der Waals surface area contributed by atoms with Crippen LogP contribution in [0.3, 0.4) is 0 Å². The van der Waals surface area contributed by atoms with E-state index in [-0.39, 0.29) is 11.5 Å². The van der Waals surface area contributed by atoms with Gasteiger partial charge in [0.05, 0.1) is 11.7 Å². The third-order valence-corrected chi connectivity index (χ3v) is 2.99. The minimum atomic E-state index is -0.0850. The van der Waals surface area contributed by atoms with Crippen molar-refractivity contribution in [2.45, 2.75) is 31.4 Å². The molecule has 2 N–H and O–H groups in total. The quantitative estimate of drug-likeness (QED) is 0.621. The first-order valence-corrected chi connectivity index (χ1v) is 6.29. The van der Waals surface area contributed by atoms with Gasteiger partial charge < -0.3 is 5.32 Å². The summed E-state index contributed by atoms with van der Waals surface area (Å²) in [6, 6.07) is 4.33. The van der Waals surface area contributed by atoms with E-state index in [1.54, 1.807) is 6.20 Å². The average Bonchev–Trinajstić information content (AvgIpc) is 2.32. The lowest BCUT2D eigenvalue weighted by Gasteiger charge is -2.40. The number of nitrogens with zero attached hydrogens (tertiary/aromatic N) is 3. The summed E-state index contributed by atoms with van der Waals surface area (Å²) in [4.78, 5) is 0. The van der Waals surface area contributed by atoms with Gasteiger partial charge in [-0.25, -0.2) is 5.01 Å². The number of hydrogen-bond acceptors (Lipinski definition) is 5. The molecule has 5 nitrogen and oxygen atoms in total. The molecule has 0 aliphatic carbocycles. The van der Waals surface area contributed by atoms with Gasteiger partial charge in [0.2, 0.25) is 0 Å². The molecule has 2 heterocycles. The fourth-order valence-electron chi connectivity index (χ4n) is 1.94. The maximum Gasteiger partial charge on any atom is 0.111 e. The molecule has 0 saturated carbocycles. The monoisotopic (exact) mass is 255 g/mol. The van der Waals surface area contributed by atoms with Crippen LogP contribution in [0.1, 0.15) is 25.6 Å². The van der Waals surface area contributed by atoms with Crippen molar-refractivity contribution in [3.63, 3.8) is 0 Å². The largest absolute Gasteiger partial charge is 0.312 e. The second-order valence-corrected chi connectivity index (χ2v) is 4.95. The summed E-state index contributed by atoms with van der Waals surface area (Å²) < 4.78 is 0. The predicted octanol–water partition coefficient (Wildman–Crippen LogP) is 0.901. The molecule has 0 amide bonds. The van der Waals surface area contributed by atoms with Gasteiger partial charge in [0.1, 0.15) is 5.50 Å². The van der Waals surface area contributed by atoms with Crippen molar-refractivity contribution in [2.75, 3.05) is 13.1 Å². The molecule has 1 aliphatic rings. The lowest BCUT2D eigenvalue weighted by atomic mass is 10.1. The van der Waals surface area contributed by atoms with E-state index in [4.69, 9.17) is 11.6 Å². The predicted molar refractivity (Wildman–Crippen MR) is 67.4 cm³/mol. The van der Waals surface area contributed by atoms with Crippen molar-refractivity contribution >= 4 is 11.6 Å². The molecular formula is C11H18ClN5. The molecule has 6 heteroatoms. The minimum Gasteiger partial charge on any atom is -0.312 e. The Balaban J connectivity index is 2.17. The lowest BCUT2D eigenvalue weighted by molar-refractivity contribution is 0.0611. The highest BCUT2D eigenvalue weighted by Gasteiger charge is 2.31. The van der Waals surface area contributed by atoms with Gasteiger partial charge >= 0.3 is 0 Å². The van der Waals surface area contributed by atoms with Crippen LogP contribution in [0.4, 0.5) is 0 Å². The number of piperazine rings is 1. The van der Waals surface area contributed by atoms with Crippen molar-refractivity contribution in [3.05, 3.63) is 24.0 Å². The first kappa shape index (κ1) is 12.7. The van der Waals surface area contributed by atoms with Crippen molar-refractivity contribution in [1.29, 1.82) is 0 Å². The highest BCUT2D eigenvalue weighted by Crippen LogP contribution is 2.23. The van der Waals surface area contributed by atoms with Gasteiger partial charge in [-0.2, -0.15) is 10.2 Å². The van der Waals surface area contributed by atoms with Crippen LogP contribution in [0.2, 0.25) is 0 Å². The molecule has 0 bridgehead atoms. The Kier molecular flexibility index (Phi) is 4.28. The molecule has 0 radical (unpaired) electrons. The molecule has 2 rings (SSSR count). The van der Waals surface area contributed by atoms with Gasteiger partial charge in [-0.3, -0.25) is 5.43 Å². The highest BCUT2D eigenvalue weighted by atomic mass is 35.5. The van der Waals surface area contributed by atoms with Crippen LogP contribution in [-0.4, -0.2) is 39.8 Å². The van der Waals surface area contributed by atoms with Crippen LogP contribution in [0.15, 0.2) is 18.3 Å². The number of halogens is 1. The SMILES string of the molecule is CC(C)NN1C(Cl)CNCC1c1cccnn1. The van der Waals surface area contributed by atoms with E-state index in [9.17, 15) is 0 Å². The molecule has 1 fully saturated rings. The molecule has 17 heavy (non-hydrogen) atoms. The third-order valence-electron chi connectivity index (χ3n) is 2.63. The van der Waals surface area contributed by atoms with Gasteiger partial charge in [-0.1, -0.05) is 0 Å². The van der Waals surface area contributed by atoms with Crippen molar-refractivity contribution in [2.24, 2.45) is 0 Å². The Hall–Kier alpha value is -0.750. The molecule has 0 spiro atoms. The van der Waals surface area contributed by atoms with Gasteiger partial charge in [0.25, 0.3) is 0 Å². The van der Waals surface area contributed by atoms with Crippen LogP contribution in [0.5, 0.6) is 0 Å². The van der Waals surface area contributed by atoms with E-state index in [1.165, 1.54) is 0 Å². The van der Waals surface area contributed by atoms with E-state index < -0.39 is 0 Å². The second kappa shape index (κ2) is 5.73. The first-order valence-electron chi connectivity index (χ1n) is 5.85. The summed E-state index contributed by atoms with van der Waals surface area (Å²) in [5, 5.41) is 13.5. The fraction of sp³-hybridized carbons (Fsp3) is 0.636. The Morgan fingerprint density at radius 2 is 2.35 bits per heavy atom. The van der Waals surface area contributed by atoms with Crippen LogP contribution in [-0.2, 0) is 0 Å². The minimum absolute atomic E-state index is 0.0850. The number of nitrogens with one attached hydrogen (secondary N) is 2. The van der Waals surface area contributed by atoms with Crippen molar-refractivity contribution in [1.82, 2.24) is 25.9 Å². The van der Waals surface area contributed by atoms with Gasteiger partial charge in [0.15, 0.2) is 0 Å². The van der Waals surface area contributed by atoms with Crippen molar-refractivity contribution < 1.29 is 0 Å². The summed E-state index contributed by atoms with van der Waals surface area (Å²) in [7, 11) is 0. The highest BCUT2D eigenvalue weighted by molar-refractivity contribution is 6.20. The van der Waals surface area contributed by atoms with E-state index >= 15 is 0 Å². The molecule has 1 aliphatic heterocycles. The molecular weight excluding hydrogens is 238 g/mol. The van der Waals surface area contributed by atoms with Crippen LogP contribution >= 0.6 is 11.6 Å². The number of alkyl halides is 1. The Bertz CT molecular complexity index is 345. The van der Waals surface area contributed by atoms with Crippen molar-refractivity contribution in [3.8, 4) is 0 Å². The maximum absolute atomic E-state index is 6.32. The number of aromatic nitrogens is 2. The zero-order chi connectivity index (χ0) is 12.3. The smallest absolute Gasteiger partial charge is 0.111 e. The fourth-order valence-corrected chi connectivity index (χ4v) is 2.24. The molecule has 1 aromatic rings. The number of hydrogen-bond donors (Lipinski definition) is 2. The van der Waals surface area contributed by atoms with Gasteiger partial charge in [0, 0.05) is 25.3 Å². The summed E-state index contributed by atoms with van der Waals surface area (Å²) in [6.45, 7) is 5.78. The molecule has 94 valence electrons. The van der Waals surface area contributed by atoms with Gasteiger partial charge in [-0.15, -0.1) is 11.6 Å². The third kappa shape index (κ3) is 3.13. The summed E-state index contributed by atoms with van der Waals surface area (Å²) >= 11 is 6.32. The van der Waals surface area contributed by atoms with Crippen LogP contribution in [0.25, 0.3) is 0 Å². The average molecular weight is 256 g/mol. The second-order valence-electron chi connectivity index (χ2n) is 4.45. The molecule has 2 atom stereocenters. The molecule has 1 aromatic heterocycles. The van der Waals surface area contributed by atoms with E-state index in [2.05, 4.69) is 39.8 Å². The van der Waals surface area contributed by atoms with E-state index in [0.29, 0.717) is 6.04 Å². The molecule has 1 saturated heterocycles. The molecule has 0 aromatic carbocycles. The summed E-state index contributed by atoms with van der Waals surface area (Å²) in [5.74, 6) is 0.